The molecule has 0 spiro atoms. The highest BCUT2D eigenvalue weighted by Crippen LogP contribution is 2.32. The van der Waals surface area contributed by atoms with E-state index in [2.05, 4.69) is 29.9 Å². The van der Waals surface area contributed by atoms with Crippen molar-refractivity contribution in [2.45, 2.75) is 59.7 Å². The Balaban J connectivity index is 2.14. The molecule has 0 atom stereocenters. The van der Waals surface area contributed by atoms with Crippen LogP contribution < -0.4 is 19.9 Å². The summed E-state index contributed by atoms with van der Waals surface area (Å²) in [4.78, 5) is 26.0. The van der Waals surface area contributed by atoms with Gasteiger partial charge >= 0.3 is 6.01 Å². The van der Waals surface area contributed by atoms with Crippen LogP contribution in [0.25, 0.3) is 22.4 Å². The van der Waals surface area contributed by atoms with E-state index in [4.69, 9.17) is 19.9 Å². The van der Waals surface area contributed by atoms with Gasteiger partial charge in [-0.3, -0.25) is 0 Å². The minimum Gasteiger partial charge on any atom is -0.476 e. The molecule has 3 rings (SSSR count). The summed E-state index contributed by atoms with van der Waals surface area (Å²) >= 11 is 0. The molecule has 0 aliphatic carbocycles. The minimum atomic E-state index is -0.500. The van der Waals surface area contributed by atoms with E-state index in [1.807, 2.05) is 48.5 Å². The number of anilines is 1. The number of nitrogens with zero attached hydrogens (tertiary/aromatic N) is 6. The minimum absolute atomic E-state index is 0.0665. The Bertz CT molecular complexity index is 1060. The van der Waals surface area contributed by atoms with Gasteiger partial charge in [0.1, 0.15) is 11.2 Å². The lowest BCUT2D eigenvalue weighted by Gasteiger charge is -2.24. The van der Waals surface area contributed by atoms with E-state index in [0.717, 1.165) is 0 Å². The van der Waals surface area contributed by atoms with Crippen molar-refractivity contribution in [2.24, 2.45) is 0 Å². The maximum absolute atomic E-state index is 6.07. The van der Waals surface area contributed by atoms with Crippen molar-refractivity contribution < 1.29 is 14.2 Å². The zero-order valence-corrected chi connectivity index (χ0v) is 18.3. The first-order valence-electron chi connectivity index (χ1n) is 9.63. The summed E-state index contributed by atoms with van der Waals surface area (Å²) < 4.78 is 17.4. The number of hydrogen-bond acceptors (Lipinski definition) is 10. The second kappa shape index (κ2) is 7.85. The molecule has 0 saturated carbocycles. The van der Waals surface area contributed by atoms with Gasteiger partial charge in [-0.15, -0.1) is 0 Å². The van der Waals surface area contributed by atoms with E-state index in [1.54, 1.807) is 12.4 Å². The van der Waals surface area contributed by atoms with E-state index < -0.39 is 11.2 Å². The molecular formula is C20H27N7O3. The van der Waals surface area contributed by atoms with Crippen molar-refractivity contribution in [3.05, 3.63) is 12.4 Å². The molecule has 0 aromatic carbocycles. The molecule has 0 saturated heterocycles. The molecule has 0 aliphatic heterocycles. The number of hydrogen-bond donors (Lipinski definition) is 1. The summed E-state index contributed by atoms with van der Waals surface area (Å²) in [6.07, 6.45) is 3.16. The van der Waals surface area contributed by atoms with Crippen molar-refractivity contribution in [3.8, 4) is 29.0 Å². The molecular weight excluding hydrogens is 386 g/mol. The van der Waals surface area contributed by atoms with Crippen molar-refractivity contribution in [1.29, 1.82) is 0 Å². The van der Waals surface area contributed by atoms with Crippen molar-refractivity contribution in [3.63, 3.8) is 0 Å². The monoisotopic (exact) mass is 413 g/mol. The van der Waals surface area contributed by atoms with Gasteiger partial charge in [-0.25, -0.2) is 15.0 Å². The van der Waals surface area contributed by atoms with Crippen LogP contribution in [0.5, 0.6) is 17.8 Å². The molecule has 0 radical (unpaired) electrons. The number of aromatic nitrogens is 6. The van der Waals surface area contributed by atoms with Crippen molar-refractivity contribution in [2.75, 3.05) is 12.3 Å². The number of ether oxygens (including phenoxy) is 3. The number of nitrogen functional groups attached to an aromatic ring is 1. The maximum atomic E-state index is 6.07. The van der Waals surface area contributed by atoms with E-state index in [0.29, 0.717) is 34.9 Å². The zero-order chi connectivity index (χ0) is 22.1. The quantitative estimate of drug-likeness (QED) is 0.665. The molecule has 3 heterocycles. The van der Waals surface area contributed by atoms with Gasteiger partial charge < -0.3 is 19.9 Å². The molecule has 160 valence electrons. The standard InChI is InChI=1S/C20H27N7O3/c1-8-28-16-13-14(25-17(21)26-16)22-10-12(24-13)11-9-23-18(30-20(5,6)7)27-15(11)29-19(2,3)4/h9-10H,8H2,1-7H3,(H2,21,22,25,26). The molecule has 0 bridgehead atoms. The van der Waals surface area contributed by atoms with Crippen LogP contribution in [0.4, 0.5) is 5.95 Å². The number of rotatable bonds is 5. The lowest BCUT2D eigenvalue weighted by atomic mass is 10.2. The van der Waals surface area contributed by atoms with Gasteiger partial charge in [-0.05, 0) is 48.5 Å². The van der Waals surface area contributed by atoms with Crippen LogP contribution in [-0.2, 0) is 0 Å². The summed E-state index contributed by atoms with van der Waals surface area (Å²) in [7, 11) is 0. The summed E-state index contributed by atoms with van der Waals surface area (Å²) in [5.74, 6) is 0.665. The lowest BCUT2D eigenvalue weighted by molar-refractivity contribution is 0.103. The van der Waals surface area contributed by atoms with Gasteiger partial charge in [0.2, 0.25) is 17.7 Å². The molecule has 10 heteroatoms. The molecule has 3 aromatic heterocycles. The molecule has 0 unspecified atom stereocenters. The van der Waals surface area contributed by atoms with Gasteiger partial charge in [0.15, 0.2) is 11.2 Å². The van der Waals surface area contributed by atoms with E-state index >= 15 is 0 Å². The normalized spacial score (nSPS) is 12.1. The van der Waals surface area contributed by atoms with Gasteiger partial charge in [0.05, 0.1) is 24.1 Å². The molecule has 10 nitrogen and oxygen atoms in total. The predicted molar refractivity (Wildman–Crippen MR) is 112 cm³/mol. The molecule has 30 heavy (non-hydrogen) atoms. The molecule has 2 N–H and O–H groups in total. The second-order valence-electron chi connectivity index (χ2n) is 8.55. The summed E-state index contributed by atoms with van der Waals surface area (Å²) in [5, 5.41) is 0. The summed E-state index contributed by atoms with van der Waals surface area (Å²) in [6, 6.07) is 0.213. The molecule has 0 amide bonds. The second-order valence-corrected chi connectivity index (χ2v) is 8.55. The Hall–Kier alpha value is -3.30. The fourth-order valence-electron chi connectivity index (χ4n) is 2.48. The highest BCUT2D eigenvalue weighted by molar-refractivity contribution is 5.79. The Morgan fingerprint density at radius 3 is 2.17 bits per heavy atom. The first-order chi connectivity index (χ1) is 13.9. The first kappa shape index (κ1) is 21.4. The average Bonchev–Trinajstić information content (AvgIpc) is 2.59. The third-order valence-electron chi connectivity index (χ3n) is 3.48. The first-order valence-corrected chi connectivity index (χ1v) is 9.63. The van der Waals surface area contributed by atoms with Crippen LogP contribution in [0, 0.1) is 0 Å². The number of nitrogens with two attached hydrogens (primary N) is 1. The SMILES string of the molecule is CCOc1nc(N)nc2ncc(-c3cnc(OC(C)(C)C)nc3OC(C)(C)C)nc12. The van der Waals surface area contributed by atoms with E-state index in [-0.39, 0.29) is 17.8 Å². The largest absolute Gasteiger partial charge is 0.476 e. The van der Waals surface area contributed by atoms with E-state index in [9.17, 15) is 0 Å². The van der Waals surface area contributed by atoms with E-state index in [1.165, 1.54) is 0 Å². The smallest absolute Gasteiger partial charge is 0.320 e. The van der Waals surface area contributed by atoms with Gasteiger partial charge in [0, 0.05) is 6.20 Å². The van der Waals surface area contributed by atoms with Crippen LogP contribution in [0.2, 0.25) is 0 Å². The predicted octanol–water partition coefficient (Wildman–Crippen LogP) is 3.21. The lowest BCUT2D eigenvalue weighted by Crippen LogP contribution is -2.26. The summed E-state index contributed by atoms with van der Waals surface area (Å²) in [6.45, 7) is 13.8. The van der Waals surface area contributed by atoms with Crippen molar-refractivity contribution >= 4 is 17.1 Å². The molecule has 0 aliphatic rings. The maximum Gasteiger partial charge on any atom is 0.320 e. The van der Waals surface area contributed by atoms with Crippen molar-refractivity contribution in [1.82, 2.24) is 29.9 Å². The number of fused-ring (bicyclic) bond motifs is 1. The Morgan fingerprint density at radius 1 is 0.833 bits per heavy atom. The van der Waals surface area contributed by atoms with Gasteiger partial charge in [-0.1, -0.05) is 0 Å². The Kier molecular flexibility index (Phi) is 5.60. The van der Waals surface area contributed by atoms with Crippen LogP contribution in [-0.4, -0.2) is 47.7 Å². The summed E-state index contributed by atoms with van der Waals surface area (Å²) in [5.41, 5.74) is 6.55. The average molecular weight is 413 g/mol. The fourth-order valence-corrected chi connectivity index (χ4v) is 2.48. The van der Waals surface area contributed by atoms with Crippen LogP contribution in [0.15, 0.2) is 12.4 Å². The van der Waals surface area contributed by atoms with Crippen LogP contribution in [0.1, 0.15) is 48.5 Å². The van der Waals surface area contributed by atoms with Crippen LogP contribution >= 0.6 is 0 Å². The Labute approximate surface area is 175 Å². The fraction of sp³-hybridized carbons (Fsp3) is 0.500. The van der Waals surface area contributed by atoms with Gasteiger partial charge in [-0.2, -0.15) is 15.0 Å². The van der Waals surface area contributed by atoms with Crippen LogP contribution in [0.3, 0.4) is 0 Å². The highest BCUT2D eigenvalue weighted by Gasteiger charge is 2.22. The molecule has 0 fully saturated rings. The zero-order valence-electron chi connectivity index (χ0n) is 18.3. The highest BCUT2D eigenvalue weighted by atomic mass is 16.5. The molecule has 3 aromatic rings. The Morgan fingerprint density at radius 2 is 1.53 bits per heavy atom. The van der Waals surface area contributed by atoms with Gasteiger partial charge in [0.25, 0.3) is 0 Å². The third kappa shape index (κ3) is 5.19. The topological polar surface area (TPSA) is 131 Å². The third-order valence-corrected chi connectivity index (χ3v) is 3.48.